The van der Waals surface area contributed by atoms with Crippen LogP contribution >= 0.6 is 0 Å². The lowest BCUT2D eigenvalue weighted by Crippen LogP contribution is -1.99. The van der Waals surface area contributed by atoms with Crippen molar-refractivity contribution in [1.82, 2.24) is 4.57 Å². The number of aromatic nitrogens is 1. The van der Waals surface area contributed by atoms with E-state index in [9.17, 15) is 0 Å². The predicted octanol–water partition coefficient (Wildman–Crippen LogP) is 11.5. The summed E-state index contributed by atoms with van der Waals surface area (Å²) in [6.45, 7) is 0. The Bertz CT molecular complexity index is 2600. The van der Waals surface area contributed by atoms with E-state index < -0.39 is 0 Å². The average Bonchev–Trinajstić information content (AvgIpc) is 3.75. The summed E-state index contributed by atoms with van der Waals surface area (Å²) >= 11 is 0. The molecule has 7 aromatic carbocycles. The van der Waals surface area contributed by atoms with E-state index in [0.29, 0.717) is 0 Å². The molecule has 2 aromatic heterocycles. The van der Waals surface area contributed by atoms with Crippen molar-refractivity contribution in [2.75, 3.05) is 0 Å². The Morgan fingerprint density at radius 3 is 2.04 bits per heavy atom. The molecule has 0 radical (unpaired) electrons. The van der Waals surface area contributed by atoms with Crippen molar-refractivity contribution < 1.29 is 4.42 Å². The van der Waals surface area contributed by atoms with Gasteiger partial charge < -0.3 is 8.98 Å². The fourth-order valence-corrected chi connectivity index (χ4v) is 7.67. The molecule has 10 rings (SSSR count). The summed E-state index contributed by atoms with van der Waals surface area (Å²) < 4.78 is 8.55. The molecule has 1 aliphatic carbocycles. The highest BCUT2D eigenvalue weighted by Crippen LogP contribution is 2.50. The average molecular weight is 574 g/mol. The summed E-state index contributed by atoms with van der Waals surface area (Å²) in [5, 5.41) is 4.88. The van der Waals surface area contributed by atoms with Crippen LogP contribution in [0.25, 0.3) is 71.7 Å². The van der Waals surface area contributed by atoms with Gasteiger partial charge in [0, 0.05) is 33.2 Å². The lowest BCUT2D eigenvalue weighted by Gasteiger charge is -2.15. The molecule has 0 amide bonds. The number of para-hydroxylation sites is 3. The second-order valence-corrected chi connectivity index (χ2v) is 12.1. The zero-order valence-corrected chi connectivity index (χ0v) is 24.4. The van der Waals surface area contributed by atoms with Crippen molar-refractivity contribution >= 4 is 43.7 Å². The van der Waals surface area contributed by atoms with Gasteiger partial charge in [-0.2, -0.15) is 0 Å². The van der Waals surface area contributed by atoms with Crippen LogP contribution in [0.15, 0.2) is 162 Å². The fourth-order valence-electron chi connectivity index (χ4n) is 7.67. The van der Waals surface area contributed by atoms with Crippen LogP contribution in [0.3, 0.4) is 0 Å². The third kappa shape index (κ3) is 3.57. The number of nitrogens with zero attached hydrogens (tertiary/aromatic N) is 1. The lowest BCUT2D eigenvalue weighted by molar-refractivity contribution is 0.668. The van der Waals surface area contributed by atoms with Gasteiger partial charge in [-0.15, -0.1) is 0 Å². The molecular weight excluding hydrogens is 546 g/mol. The first kappa shape index (κ1) is 24.6. The van der Waals surface area contributed by atoms with E-state index >= 15 is 0 Å². The second kappa shape index (κ2) is 9.32. The molecule has 0 saturated heterocycles. The summed E-state index contributed by atoms with van der Waals surface area (Å²) in [6, 6.07) is 57.3. The van der Waals surface area contributed by atoms with Gasteiger partial charge in [0.25, 0.3) is 0 Å². The highest BCUT2D eigenvalue weighted by atomic mass is 16.3. The standard InChI is InChI=1S/C43H27NO/c1-2-10-30(11-3-1)44-39-16-8-6-13-32(39)33-21-18-28(26-40(33)44)27-19-22-36-37(24-27)31-12-4-5-15-35(31)43(36)29-20-23-42-38(25-29)34-14-7-9-17-41(34)45-42/h1-26,43H. The molecule has 0 fully saturated rings. The fraction of sp³-hybridized carbons (Fsp3) is 0.0233. The summed E-state index contributed by atoms with van der Waals surface area (Å²) in [7, 11) is 0. The van der Waals surface area contributed by atoms with Gasteiger partial charge in [-0.3, -0.25) is 0 Å². The van der Waals surface area contributed by atoms with Crippen molar-refractivity contribution in [1.29, 1.82) is 0 Å². The minimum atomic E-state index is 0.173. The molecule has 0 bridgehead atoms. The maximum absolute atomic E-state index is 6.16. The maximum Gasteiger partial charge on any atom is 0.135 e. The van der Waals surface area contributed by atoms with Crippen molar-refractivity contribution in [3.05, 3.63) is 174 Å². The molecular formula is C43H27NO. The number of fused-ring (bicyclic) bond motifs is 9. The number of furan rings is 1. The highest BCUT2D eigenvalue weighted by molar-refractivity contribution is 6.10. The molecule has 0 saturated carbocycles. The Morgan fingerprint density at radius 2 is 1.11 bits per heavy atom. The minimum Gasteiger partial charge on any atom is -0.456 e. The lowest BCUT2D eigenvalue weighted by atomic mass is 9.88. The van der Waals surface area contributed by atoms with E-state index in [2.05, 4.69) is 150 Å². The van der Waals surface area contributed by atoms with Gasteiger partial charge in [0.05, 0.1) is 11.0 Å². The number of hydrogen-bond donors (Lipinski definition) is 0. The van der Waals surface area contributed by atoms with Crippen LogP contribution in [0, 0.1) is 0 Å². The van der Waals surface area contributed by atoms with Crippen molar-refractivity contribution in [2.24, 2.45) is 0 Å². The summed E-state index contributed by atoms with van der Waals surface area (Å²) in [5.74, 6) is 0.173. The van der Waals surface area contributed by atoms with Gasteiger partial charge in [0.15, 0.2) is 0 Å². The topological polar surface area (TPSA) is 18.1 Å². The number of rotatable bonds is 3. The van der Waals surface area contributed by atoms with E-state index in [-0.39, 0.29) is 5.92 Å². The van der Waals surface area contributed by atoms with Crippen LogP contribution in [0.2, 0.25) is 0 Å². The second-order valence-electron chi connectivity index (χ2n) is 12.1. The maximum atomic E-state index is 6.16. The van der Waals surface area contributed by atoms with Gasteiger partial charge in [-0.1, -0.05) is 109 Å². The van der Waals surface area contributed by atoms with Crippen LogP contribution in [0.5, 0.6) is 0 Å². The van der Waals surface area contributed by atoms with Gasteiger partial charge in [-0.25, -0.2) is 0 Å². The Morgan fingerprint density at radius 1 is 0.422 bits per heavy atom. The van der Waals surface area contributed by atoms with E-state index in [4.69, 9.17) is 4.42 Å². The third-order valence-corrected chi connectivity index (χ3v) is 9.68. The van der Waals surface area contributed by atoms with Gasteiger partial charge >= 0.3 is 0 Å². The Kier molecular flexibility index (Phi) is 5.09. The molecule has 0 N–H and O–H groups in total. The zero-order chi connectivity index (χ0) is 29.5. The molecule has 45 heavy (non-hydrogen) atoms. The SMILES string of the molecule is c1ccc(-n2c3ccccc3c3ccc(-c4ccc5c(c4)-c4ccccc4C5c4ccc5oc6ccccc6c5c4)cc32)cc1. The minimum absolute atomic E-state index is 0.173. The smallest absolute Gasteiger partial charge is 0.135 e. The third-order valence-electron chi connectivity index (χ3n) is 9.68. The first-order valence-electron chi connectivity index (χ1n) is 15.6. The number of benzene rings is 7. The van der Waals surface area contributed by atoms with E-state index in [0.717, 1.165) is 11.2 Å². The van der Waals surface area contributed by atoms with Crippen LogP contribution in [0.1, 0.15) is 22.6 Å². The van der Waals surface area contributed by atoms with Crippen molar-refractivity contribution in [3.63, 3.8) is 0 Å². The normalized spacial score (nSPS) is 14.0. The summed E-state index contributed by atoms with van der Waals surface area (Å²) in [6.07, 6.45) is 0. The van der Waals surface area contributed by atoms with E-state index in [1.807, 2.05) is 12.1 Å². The molecule has 2 heterocycles. The quantitative estimate of drug-likeness (QED) is 0.206. The highest BCUT2D eigenvalue weighted by Gasteiger charge is 2.30. The van der Waals surface area contributed by atoms with Crippen molar-refractivity contribution in [3.8, 4) is 27.9 Å². The molecule has 2 nitrogen and oxygen atoms in total. The monoisotopic (exact) mass is 573 g/mol. The molecule has 0 spiro atoms. The van der Waals surface area contributed by atoms with Gasteiger partial charge in [0.1, 0.15) is 11.2 Å². The number of hydrogen-bond acceptors (Lipinski definition) is 1. The van der Waals surface area contributed by atoms with Crippen LogP contribution in [-0.2, 0) is 0 Å². The zero-order valence-electron chi connectivity index (χ0n) is 24.4. The van der Waals surface area contributed by atoms with Crippen LogP contribution in [0.4, 0.5) is 0 Å². The van der Waals surface area contributed by atoms with Crippen LogP contribution in [-0.4, -0.2) is 4.57 Å². The predicted molar refractivity (Wildman–Crippen MR) is 186 cm³/mol. The van der Waals surface area contributed by atoms with Crippen molar-refractivity contribution in [2.45, 2.75) is 5.92 Å². The van der Waals surface area contributed by atoms with Gasteiger partial charge in [0.2, 0.25) is 0 Å². The van der Waals surface area contributed by atoms with Gasteiger partial charge in [-0.05, 0) is 87.5 Å². The van der Waals surface area contributed by atoms with E-state index in [1.54, 1.807) is 0 Å². The molecule has 1 aliphatic rings. The largest absolute Gasteiger partial charge is 0.456 e. The summed E-state index contributed by atoms with van der Waals surface area (Å²) in [5.41, 5.74) is 14.6. The first-order valence-corrected chi connectivity index (χ1v) is 15.6. The Labute approximate surface area is 260 Å². The first-order chi connectivity index (χ1) is 22.3. The summed E-state index contributed by atoms with van der Waals surface area (Å²) in [4.78, 5) is 0. The van der Waals surface area contributed by atoms with E-state index in [1.165, 1.54) is 77.2 Å². The molecule has 0 aliphatic heterocycles. The molecule has 9 aromatic rings. The molecule has 1 atom stereocenters. The molecule has 1 unspecified atom stereocenters. The molecule has 2 heteroatoms. The Hall–Kier alpha value is -5.86. The molecule has 210 valence electrons. The Balaban J connectivity index is 1.14. The van der Waals surface area contributed by atoms with Crippen LogP contribution < -0.4 is 0 Å².